The molecule has 10 N–H and O–H groups in total. The van der Waals surface area contributed by atoms with Gasteiger partial charge in [-0.1, -0.05) is 90.4 Å². The van der Waals surface area contributed by atoms with Crippen molar-refractivity contribution in [2.75, 3.05) is 0 Å². The van der Waals surface area contributed by atoms with Crippen LogP contribution in [0.15, 0.2) is 0 Å². The normalized spacial score (nSPS) is 16.1. The molecule has 0 heterocycles. The molecule has 0 aliphatic heterocycles. The van der Waals surface area contributed by atoms with Crippen LogP contribution in [-0.4, -0.2) is 151 Å². The molecule has 30 nitrogen and oxygen atoms in total. The van der Waals surface area contributed by atoms with Crippen LogP contribution in [0.4, 0.5) is 0 Å². The van der Waals surface area contributed by atoms with Crippen LogP contribution in [0.3, 0.4) is 0 Å². The summed E-state index contributed by atoms with van der Waals surface area (Å²) in [6.45, 7) is 1.99. The lowest BCUT2D eigenvalue weighted by molar-refractivity contribution is 0.296. The third kappa shape index (κ3) is 9.99. The summed E-state index contributed by atoms with van der Waals surface area (Å²) in [5, 5.41) is -5.34. The van der Waals surface area contributed by atoms with E-state index in [0.29, 0.717) is 19.3 Å². The van der Waals surface area contributed by atoms with E-state index in [0.717, 1.165) is 38.5 Å². The summed E-state index contributed by atoms with van der Waals surface area (Å²) >= 11 is 0. The van der Waals surface area contributed by atoms with E-state index in [9.17, 15) is 130 Å². The predicted octanol–water partition coefficient (Wildman–Crippen LogP) is -1.54. The maximum absolute atomic E-state index is 13.4. The van der Waals surface area contributed by atoms with Crippen molar-refractivity contribution >= 4 is 101 Å². The Bertz CT molecular complexity index is 2540. The second-order valence-electron chi connectivity index (χ2n) is 12.8. The number of hydrogen-bond donors (Lipinski definition) is 10. The van der Waals surface area contributed by atoms with Crippen LogP contribution in [0, 0.1) is 0 Å². The summed E-state index contributed by atoms with van der Waals surface area (Å²) in [4.78, 5) is 0. The largest absolute Gasteiger partial charge is 0.386 e. The Morgan fingerprint density at radius 3 is 0.733 bits per heavy atom. The van der Waals surface area contributed by atoms with E-state index in [1.807, 2.05) is 6.92 Å². The molecule has 0 aromatic carbocycles. The second-order valence-corrected chi connectivity index (χ2v) is 30.0. The summed E-state index contributed by atoms with van der Waals surface area (Å²) in [6.07, 6.45) is 2.00. The maximum Gasteiger partial charge on any atom is 0.386 e. The van der Waals surface area contributed by atoms with Gasteiger partial charge in [0, 0.05) is 0 Å². The van der Waals surface area contributed by atoms with Crippen molar-refractivity contribution in [1.29, 1.82) is 0 Å². The lowest BCUT2D eigenvalue weighted by atomic mass is 10.0. The summed E-state index contributed by atoms with van der Waals surface area (Å²) in [6, 6.07) is 0. The number of rotatable bonds is 28. The zero-order valence-electron chi connectivity index (χ0n) is 30.2. The third-order valence-electron chi connectivity index (χ3n) is 8.89. The first-order chi connectivity index (χ1) is 26.2. The van der Waals surface area contributed by atoms with E-state index in [-0.39, 0.29) is 12.8 Å². The molecule has 0 saturated carbocycles. The molecule has 0 aromatic rings. The van der Waals surface area contributed by atoms with Gasteiger partial charge >= 0.3 is 41.9 Å². The molecular weight excluding hydrogens is 1040 g/mol. The Hall–Kier alpha value is -0.900. The minimum Gasteiger partial charge on any atom is -0.285 e. The molecule has 0 spiro atoms. The molecule has 0 amide bonds. The second kappa shape index (κ2) is 18.9. The number of hydrogen-bond acceptors (Lipinski definition) is 20. The molecule has 0 fully saturated rings. The van der Waals surface area contributed by atoms with Crippen LogP contribution in [0.25, 0.3) is 0 Å². The molecule has 1 atom stereocenters. The van der Waals surface area contributed by atoms with Gasteiger partial charge in [0.25, 0.3) is 74.9 Å². The van der Waals surface area contributed by atoms with Crippen molar-refractivity contribution in [2.45, 2.75) is 118 Å². The fourth-order valence-corrected chi connectivity index (χ4v) is 32.4. The minimum atomic E-state index is -9.51. The minimum absolute atomic E-state index is 0.0717. The SMILES string of the molecule is CCCCCCCCCCCCCCCC(C(C(C(C(S(=O)(=O)O)(S(=O)(=O)O)S(=O)(=O)O)(S(=O)(=O)O)S(=O)(=O)O)(S(=O)(=O)O)S(=O)(=O)O)(S(=O)(=O)O)S(=O)(=O)O)S(=O)(=O)O. The highest BCUT2D eigenvalue weighted by Gasteiger charge is 3.05. The van der Waals surface area contributed by atoms with E-state index >= 15 is 0 Å². The van der Waals surface area contributed by atoms with Gasteiger partial charge < -0.3 is 0 Å². The van der Waals surface area contributed by atoms with E-state index in [4.69, 9.17) is 0 Å². The van der Waals surface area contributed by atoms with Gasteiger partial charge in [-0.15, -0.1) is 0 Å². The van der Waals surface area contributed by atoms with Crippen molar-refractivity contribution in [3.63, 3.8) is 0 Å². The fourth-order valence-electron chi connectivity index (χ4n) is 6.86. The Kier molecular flexibility index (Phi) is 18.6. The predicted molar refractivity (Wildman–Crippen MR) is 201 cm³/mol. The van der Waals surface area contributed by atoms with Crippen molar-refractivity contribution in [3.05, 3.63) is 0 Å². The average molecular weight is 1080 g/mol. The van der Waals surface area contributed by atoms with Crippen LogP contribution >= 0.6 is 0 Å². The molecule has 362 valence electrons. The molecule has 0 aliphatic rings. The summed E-state index contributed by atoms with van der Waals surface area (Å²) in [5.41, 5.74) is 0. The quantitative estimate of drug-likeness (QED) is 0.0313. The lowest BCUT2D eigenvalue weighted by Gasteiger charge is -2.52. The van der Waals surface area contributed by atoms with Gasteiger partial charge in [0.2, 0.25) is 0 Å². The molecule has 0 aromatic heterocycles. The molecule has 0 bridgehead atoms. The Morgan fingerprint density at radius 2 is 0.550 bits per heavy atom. The van der Waals surface area contributed by atoms with Gasteiger partial charge in [0.15, 0.2) is 0 Å². The van der Waals surface area contributed by atoms with E-state index in [1.165, 1.54) is 0 Å². The topological polar surface area (TPSA) is 544 Å². The molecule has 1 unspecified atom stereocenters. The standard InChI is InChI=1S/C20H42O30S10/c1-2-3-4-5-6-7-8-9-10-11-12-13-14-15-16(51(21,22)23)17(52(24,25)26,53(27,28)29)18(54(30,31)32,55(33,34)35)19(56(36,37)38,57(39,40)41)20(58(42,43)44,59(45,46)47)60(48,49)50/h16H,2-15H2,1H3,(H,21,22,23)(H,24,25,26)(H,27,28,29)(H,30,31,32)(H,33,34,35)(H,36,37,38)(H,39,40,41)(H,42,43,44)(H,45,46,47)(H,48,49,50). The first kappa shape index (κ1) is 59.1. The van der Waals surface area contributed by atoms with Gasteiger partial charge in [0.05, 0.1) is 0 Å². The van der Waals surface area contributed by atoms with Gasteiger partial charge in [-0.2, -0.15) is 84.2 Å². The van der Waals surface area contributed by atoms with Crippen LogP contribution in [0.5, 0.6) is 0 Å². The van der Waals surface area contributed by atoms with E-state index in [1.54, 1.807) is 0 Å². The highest BCUT2D eigenvalue weighted by atomic mass is 32.3. The highest BCUT2D eigenvalue weighted by Crippen LogP contribution is 2.64. The van der Waals surface area contributed by atoms with Gasteiger partial charge in [-0.3, -0.25) is 45.5 Å². The summed E-state index contributed by atoms with van der Waals surface area (Å²) in [5.74, 6) is 0. The fraction of sp³-hybridized carbons (Fsp3) is 1.00. The van der Waals surface area contributed by atoms with Gasteiger partial charge in [-0.25, -0.2) is 0 Å². The molecule has 0 radical (unpaired) electrons. The molecule has 0 saturated heterocycles. The molecule has 40 heteroatoms. The van der Waals surface area contributed by atoms with Crippen LogP contribution in [0.2, 0.25) is 0 Å². The molecule has 60 heavy (non-hydrogen) atoms. The van der Waals surface area contributed by atoms with Crippen LogP contribution < -0.4 is 0 Å². The van der Waals surface area contributed by atoms with Crippen molar-refractivity contribution in [1.82, 2.24) is 0 Å². The maximum atomic E-state index is 13.4. The molecular formula is C20H42O30S10. The monoisotopic (exact) mass is 1080 g/mol. The Morgan fingerprint density at radius 1 is 0.317 bits per heavy atom. The summed E-state index contributed by atoms with van der Waals surface area (Å²) in [7, 11) is -90.6. The van der Waals surface area contributed by atoms with Crippen LogP contribution in [0.1, 0.15) is 96.8 Å². The zero-order valence-corrected chi connectivity index (χ0v) is 38.4. The highest BCUT2D eigenvalue weighted by molar-refractivity contribution is 8.26. The molecule has 0 aliphatic carbocycles. The first-order valence-corrected chi connectivity index (χ1v) is 30.3. The Balaban J connectivity index is 9.48. The van der Waals surface area contributed by atoms with Crippen molar-refractivity contribution < 1.29 is 130 Å². The first-order valence-electron chi connectivity index (χ1n) is 15.9. The van der Waals surface area contributed by atoms with E-state index < -0.39 is 141 Å². The number of unbranched alkanes of at least 4 members (excludes halogenated alkanes) is 12. The molecule has 0 rings (SSSR count). The lowest BCUT2D eigenvalue weighted by Crippen LogP contribution is -2.92. The Labute approximate surface area is 346 Å². The van der Waals surface area contributed by atoms with Crippen LogP contribution in [-0.2, 0) is 101 Å². The average Bonchev–Trinajstić information content (AvgIpc) is 2.93. The summed E-state index contributed by atoms with van der Waals surface area (Å²) < 4.78 is 330. The zero-order chi connectivity index (χ0) is 48.5. The van der Waals surface area contributed by atoms with Gasteiger partial charge in [-0.05, 0) is 6.42 Å². The third-order valence-corrected chi connectivity index (χ3v) is 30.9. The van der Waals surface area contributed by atoms with E-state index in [2.05, 4.69) is 0 Å². The van der Waals surface area contributed by atoms with Crippen molar-refractivity contribution in [3.8, 4) is 0 Å². The smallest absolute Gasteiger partial charge is 0.285 e. The van der Waals surface area contributed by atoms with Crippen molar-refractivity contribution in [2.24, 2.45) is 0 Å². The van der Waals surface area contributed by atoms with Gasteiger partial charge in [0.1, 0.15) is 5.25 Å².